The van der Waals surface area contributed by atoms with Crippen LogP contribution in [0.25, 0.3) is 0 Å². The zero-order valence-electron chi connectivity index (χ0n) is 13.0. The lowest BCUT2D eigenvalue weighted by molar-refractivity contribution is -0.124. The molecule has 1 rings (SSSR count). The molecule has 0 spiro atoms. The van der Waals surface area contributed by atoms with E-state index in [0.717, 1.165) is 0 Å². The molecule has 1 aromatic rings. The van der Waals surface area contributed by atoms with Gasteiger partial charge in [-0.05, 0) is 45.0 Å². The van der Waals surface area contributed by atoms with Gasteiger partial charge in [-0.2, -0.15) is 0 Å². The monoisotopic (exact) mass is 327 g/mol. The molecule has 8 heteroatoms. The van der Waals surface area contributed by atoms with Gasteiger partial charge in [-0.15, -0.1) is 0 Å². The third kappa shape index (κ3) is 5.45. The Morgan fingerprint density at radius 1 is 1.05 bits per heavy atom. The molecule has 0 fully saturated rings. The number of benzene rings is 1. The molecular formula is C14H21N3O4S. The summed E-state index contributed by atoms with van der Waals surface area (Å²) in [4.78, 5) is 22.8. The highest BCUT2D eigenvalue weighted by molar-refractivity contribution is 7.89. The summed E-state index contributed by atoms with van der Waals surface area (Å²) in [5.41, 5.74) is 0.450. The molecule has 0 aromatic heterocycles. The molecule has 0 heterocycles. The fourth-order valence-electron chi connectivity index (χ4n) is 1.72. The highest BCUT2D eigenvalue weighted by Gasteiger charge is 2.16. The van der Waals surface area contributed by atoms with Crippen molar-refractivity contribution >= 4 is 27.5 Å². The van der Waals surface area contributed by atoms with E-state index in [1.807, 2.05) is 0 Å². The maximum atomic E-state index is 12.0. The average molecular weight is 327 g/mol. The van der Waals surface area contributed by atoms with Crippen LogP contribution < -0.4 is 15.4 Å². The van der Waals surface area contributed by atoms with Crippen LogP contribution >= 0.6 is 0 Å². The molecule has 7 nitrogen and oxygen atoms in total. The van der Waals surface area contributed by atoms with Gasteiger partial charge in [0, 0.05) is 18.7 Å². The normalized spacial score (nSPS) is 12.8. The molecule has 0 aliphatic carbocycles. The highest BCUT2D eigenvalue weighted by Crippen LogP contribution is 2.14. The van der Waals surface area contributed by atoms with Gasteiger partial charge < -0.3 is 10.6 Å². The zero-order chi connectivity index (χ0) is 16.9. The van der Waals surface area contributed by atoms with Gasteiger partial charge in [-0.25, -0.2) is 13.1 Å². The maximum Gasteiger partial charge on any atom is 0.246 e. The lowest BCUT2D eigenvalue weighted by Crippen LogP contribution is -2.40. The van der Waals surface area contributed by atoms with E-state index in [2.05, 4.69) is 15.4 Å². The number of hydrogen-bond acceptors (Lipinski definition) is 4. The molecular weight excluding hydrogens is 306 g/mol. The first-order valence-electron chi connectivity index (χ1n) is 6.82. The second kappa shape index (κ2) is 7.37. The number of nitrogens with one attached hydrogen (secondary N) is 3. The largest absolute Gasteiger partial charge is 0.345 e. The van der Waals surface area contributed by atoms with Crippen molar-refractivity contribution < 1.29 is 18.0 Å². The van der Waals surface area contributed by atoms with Gasteiger partial charge in [-0.3, -0.25) is 9.59 Å². The van der Waals surface area contributed by atoms with E-state index in [1.54, 1.807) is 20.8 Å². The average Bonchev–Trinajstić information content (AvgIpc) is 2.36. The van der Waals surface area contributed by atoms with E-state index in [9.17, 15) is 18.0 Å². The number of carbonyl (C=O) groups is 2. The summed E-state index contributed by atoms with van der Waals surface area (Å²) in [5.74, 6) is -0.685. The summed E-state index contributed by atoms with van der Waals surface area (Å²) in [5, 5.41) is 5.06. The molecule has 1 unspecified atom stereocenters. The summed E-state index contributed by atoms with van der Waals surface area (Å²) < 4.78 is 26.4. The number of hydrogen-bond donors (Lipinski definition) is 3. The number of sulfonamides is 1. The van der Waals surface area contributed by atoms with Crippen LogP contribution in [0, 0.1) is 0 Å². The van der Waals surface area contributed by atoms with Crippen molar-refractivity contribution in [3.05, 3.63) is 24.3 Å². The van der Waals surface area contributed by atoms with Crippen LogP contribution in [-0.2, 0) is 19.6 Å². The first-order valence-corrected chi connectivity index (χ1v) is 8.30. The second-order valence-corrected chi connectivity index (χ2v) is 6.93. The van der Waals surface area contributed by atoms with Crippen molar-refractivity contribution in [2.45, 2.75) is 44.7 Å². The molecule has 0 aliphatic heterocycles. The van der Waals surface area contributed by atoms with Gasteiger partial charge in [-0.1, -0.05) is 0 Å². The summed E-state index contributed by atoms with van der Waals surface area (Å²) >= 11 is 0. The predicted octanol–water partition coefficient (Wildman–Crippen LogP) is 0.836. The molecule has 22 heavy (non-hydrogen) atoms. The first kappa shape index (κ1) is 18.1. The van der Waals surface area contributed by atoms with Crippen LogP contribution in [0.2, 0.25) is 0 Å². The molecule has 3 N–H and O–H groups in total. The van der Waals surface area contributed by atoms with Gasteiger partial charge in [0.15, 0.2) is 0 Å². The number of carbonyl (C=O) groups excluding carboxylic acids is 2. The number of anilines is 1. The number of amides is 2. The Morgan fingerprint density at radius 3 is 2.05 bits per heavy atom. The minimum atomic E-state index is -3.56. The van der Waals surface area contributed by atoms with Crippen LogP contribution in [0.15, 0.2) is 29.2 Å². The quantitative estimate of drug-likeness (QED) is 0.720. The molecule has 0 bridgehead atoms. The van der Waals surface area contributed by atoms with Gasteiger partial charge in [0.05, 0.1) is 4.90 Å². The Morgan fingerprint density at radius 2 is 1.59 bits per heavy atom. The van der Waals surface area contributed by atoms with Crippen molar-refractivity contribution in [3.63, 3.8) is 0 Å². The minimum absolute atomic E-state index is 0.120. The Labute approximate surface area is 130 Å². The molecule has 0 saturated heterocycles. The van der Waals surface area contributed by atoms with E-state index in [4.69, 9.17) is 0 Å². The van der Waals surface area contributed by atoms with Gasteiger partial charge >= 0.3 is 0 Å². The zero-order valence-corrected chi connectivity index (χ0v) is 13.8. The fourth-order valence-corrected chi connectivity index (χ4v) is 2.97. The van der Waals surface area contributed by atoms with Crippen molar-refractivity contribution in [1.82, 2.24) is 10.0 Å². The van der Waals surface area contributed by atoms with E-state index in [1.165, 1.54) is 31.2 Å². The van der Waals surface area contributed by atoms with Gasteiger partial charge in [0.1, 0.15) is 6.04 Å². The predicted molar refractivity (Wildman–Crippen MR) is 83.8 cm³/mol. The van der Waals surface area contributed by atoms with Crippen molar-refractivity contribution in [2.75, 3.05) is 5.32 Å². The fraction of sp³-hybridized carbons (Fsp3) is 0.429. The van der Waals surface area contributed by atoms with Crippen LogP contribution in [-0.4, -0.2) is 32.3 Å². The van der Waals surface area contributed by atoms with Crippen LogP contribution in [0.4, 0.5) is 5.69 Å². The Hall–Kier alpha value is -1.93. The summed E-state index contributed by atoms with van der Waals surface area (Å²) in [6.45, 7) is 6.35. The van der Waals surface area contributed by atoms with Crippen molar-refractivity contribution in [1.29, 1.82) is 0 Å². The third-order valence-corrected chi connectivity index (χ3v) is 4.31. The van der Waals surface area contributed by atoms with Crippen LogP contribution in [0.3, 0.4) is 0 Å². The third-order valence-electron chi connectivity index (χ3n) is 2.64. The minimum Gasteiger partial charge on any atom is -0.345 e. The molecule has 0 radical (unpaired) electrons. The summed E-state index contributed by atoms with van der Waals surface area (Å²) in [6, 6.07) is 4.92. The van der Waals surface area contributed by atoms with Gasteiger partial charge in [0.2, 0.25) is 21.8 Å². The topological polar surface area (TPSA) is 104 Å². The summed E-state index contributed by atoms with van der Waals surface area (Å²) in [7, 11) is -3.56. The number of rotatable bonds is 6. The molecule has 1 aromatic carbocycles. The van der Waals surface area contributed by atoms with Crippen LogP contribution in [0.1, 0.15) is 27.7 Å². The smallest absolute Gasteiger partial charge is 0.246 e. The lowest BCUT2D eigenvalue weighted by Gasteiger charge is -2.13. The Bertz CT molecular complexity index is 639. The molecule has 122 valence electrons. The van der Waals surface area contributed by atoms with Crippen LogP contribution in [0.5, 0.6) is 0 Å². The Balaban J connectivity index is 2.77. The molecule has 0 aliphatic rings. The molecule has 1 atom stereocenters. The van der Waals surface area contributed by atoms with E-state index >= 15 is 0 Å². The lowest BCUT2D eigenvalue weighted by atomic mass is 10.2. The van der Waals surface area contributed by atoms with E-state index in [0.29, 0.717) is 5.69 Å². The van der Waals surface area contributed by atoms with Crippen molar-refractivity contribution in [3.8, 4) is 0 Å². The second-order valence-electron chi connectivity index (χ2n) is 5.21. The first-order chi connectivity index (χ1) is 10.1. The molecule has 0 saturated carbocycles. The van der Waals surface area contributed by atoms with Gasteiger partial charge in [0.25, 0.3) is 0 Å². The van der Waals surface area contributed by atoms with E-state index < -0.39 is 16.1 Å². The van der Waals surface area contributed by atoms with E-state index in [-0.39, 0.29) is 22.8 Å². The molecule has 2 amide bonds. The maximum absolute atomic E-state index is 12.0. The Kier molecular flexibility index (Phi) is 6.07. The standard InChI is InChI=1S/C14H21N3O4S/c1-9(2)17-22(20,21)13-7-5-12(6-8-13)16-14(19)10(3)15-11(4)18/h5-10,17H,1-4H3,(H,15,18)(H,16,19). The summed E-state index contributed by atoms with van der Waals surface area (Å²) in [6.07, 6.45) is 0. The highest BCUT2D eigenvalue weighted by atomic mass is 32.2. The van der Waals surface area contributed by atoms with Crippen molar-refractivity contribution in [2.24, 2.45) is 0 Å². The SMILES string of the molecule is CC(=O)NC(C)C(=O)Nc1ccc(S(=O)(=O)NC(C)C)cc1.